The first-order chi connectivity index (χ1) is 62.2. The fourth-order valence-corrected chi connectivity index (χ4v) is 3.73. The third-order valence-electron chi connectivity index (χ3n) is 7.51. The van der Waals surface area contributed by atoms with Gasteiger partial charge in [0.1, 0.15) is 0 Å². The first kappa shape index (κ1) is 137. The van der Waals surface area contributed by atoms with E-state index in [2.05, 4.69) is 203 Å². The van der Waals surface area contributed by atoms with Crippen LogP contribution in [0.1, 0.15) is 0 Å². The monoisotopic (exact) mass is 2030 g/mol. The fourth-order valence-electron chi connectivity index (χ4n) is 3.73. The van der Waals surface area contributed by atoms with Crippen LogP contribution in [0.5, 0.6) is 0 Å². The number of rotatable bonds is 8. The van der Waals surface area contributed by atoms with Crippen molar-refractivity contribution >= 4 is 0 Å². The van der Waals surface area contributed by atoms with Crippen molar-refractivity contribution in [2.45, 2.75) is 0 Å². The van der Waals surface area contributed by atoms with Gasteiger partial charge >= 0.3 is 68.3 Å². The summed E-state index contributed by atoms with van der Waals surface area (Å²) in [5.41, 5.74) is 17.2. The van der Waals surface area contributed by atoms with E-state index in [0.29, 0.717) is 0 Å². The van der Waals surface area contributed by atoms with Crippen LogP contribution in [-0.4, -0.2) is 200 Å². The average molecular weight is 2030 g/mol. The van der Waals surface area contributed by atoms with E-state index in [9.17, 15) is 0 Å². The second kappa shape index (κ2) is 133. The molecule has 4 radical (unpaired) electrons. The molecule has 708 valence electrons. The molecule has 0 saturated heterocycles. The molecule has 16 aromatic heterocycles. The Morgan fingerprint density at radius 3 is 0.227 bits per heavy atom. The molecule has 0 amide bonds. The van der Waals surface area contributed by atoms with Gasteiger partial charge in [0, 0.05) is 198 Å². The smallest absolute Gasteiger partial charge is 0.489 e. The van der Waals surface area contributed by atoms with Crippen molar-refractivity contribution < 1.29 is 109 Å². The van der Waals surface area contributed by atoms with Crippen LogP contribution in [0.2, 0.25) is 0 Å². The van der Waals surface area contributed by atoms with Gasteiger partial charge in [-0.05, 0) is 49.5 Å². The Hall–Kier alpha value is -21.0. The van der Waals surface area contributed by atoms with Gasteiger partial charge in [-0.2, -0.15) is 0 Å². The Bertz CT molecular complexity index is 3500. The van der Waals surface area contributed by atoms with Crippen molar-refractivity contribution in [1.29, 1.82) is 42.1 Å². The molecule has 0 bridgehead atoms. The molecule has 16 rings (SSSR count). The Labute approximate surface area is 779 Å². The Kier molecular flexibility index (Phi) is 138. The summed E-state index contributed by atoms with van der Waals surface area (Å²) >= 11 is 0. The number of nitro groups is 8. The molecule has 0 spiro atoms. The van der Waals surface area contributed by atoms with Gasteiger partial charge in [0.2, 0.25) is 0 Å². The fraction of sp³-hybridized carbons (Fsp3) is 0. The number of H-pyrrole nitrogens is 16. The zero-order chi connectivity index (χ0) is 96.5. The summed E-state index contributed by atoms with van der Waals surface area (Å²) in [5, 5.41) is 123. The van der Waals surface area contributed by atoms with Gasteiger partial charge in [0.25, 0.3) is 0 Å². The van der Waals surface area contributed by atoms with Crippen LogP contribution < -0.4 is 0 Å². The minimum Gasteiger partial charge on any atom is -0.489 e. The predicted octanol–water partition coefficient (Wildman–Crippen LogP) is 6.81. The summed E-state index contributed by atoms with van der Waals surface area (Å²) in [5.74, 6) is 0. The van der Waals surface area contributed by atoms with Crippen LogP contribution in [-0.2, 0) is 68.3 Å². The molecule has 0 aliphatic carbocycles. The van der Waals surface area contributed by atoms with Gasteiger partial charge in [0.05, 0.1) is 141 Å². The number of aromatic amines is 16. The molecule has 0 aliphatic rings. The molecule has 0 unspecified atom stereocenters. The third kappa shape index (κ3) is 185. The normalized spacial score (nSPS) is 6.97. The van der Waals surface area contributed by atoms with E-state index in [1.165, 1.54) is 0 Å². The molecule has 0 atom stereocenters. The Morgan fingerprint density at radius 2 is 0.220 bits per heavy atom. The summed E-state index contributed by atoms with van der Waals surface area (Å²) in [4.78, 5) is 175. The molecule has 76 heteroatoms. The summed E-state index contributed by atoms with van der Waals surface area (Å²) in [6.07, 6.45) is 89.3. The maximum absolute atomic E-state index is 9.02. The van der Waals surface area contributed by atoms with E-state index in [0.717, 1.165) is 49.5 Å². The Morgan fingerprint density at radius 1 is 0.159 bits per heavy atom. The molecule has 0 fully saturated rings. The van der Waals surface area contributed by atoms with Crippen molar-refractivity contribution in [2.24, 2.45) is 0 Å². The number of hydrogen-bond acceptors (Lipinski definition) is 40. The molecule has 0 aromatic carbocycles. The molecule has 72 nitrogen and oxygen atoms in total. The summed E-state index contributed by atoms with van der Waals surface area (Å²) < 4.78 is 0. The Balaban J connectivity index is -0.000000114. The van der Waals surface area contributed by atoms with Gasteiger partial charge in [-0.3, -0.25) is 80.9 Å². The number of aromatic nitrogens is 32. The summed E-state index contributed by atoms with van der Waals surface area (Å²) in [7, 11) is 0. The minimum absolute atomic E-state index is 0. The molecule has 0 saturated carbocycles. The van der Waals surface area contributed by atoms with Crippen LogP contribution in [0.4, 0.5) is 0 Å². The van der Waals surface area contributed by atoms with Crippen LogP contribution in [0.15, 0.2) is 300 Å². The first-order valence-corrected chi connectivity index (χ1v) is 30.9. The van der Waals surface area contributed by atoms with E-state index < -0.39 is 40.3 Å². The molecule has 16 heterocycles. The molecule has 16 N–H and O–H groups in total. The van der Waals surface area contributed by atoms with Crippen molar-refractivity contribution in [3.05, 3.63) is 424 Å². The number of nitrogens with zero attached hydrogens (tertiary/aromatic N) is 40. The molecular weight excluding hydrogens is 1970 g/mol. The maximum Gasteiger partial charge on any atom is 2.00 e. The van der Waals surface area contributed by atoms with Crippen molar-refractivity contribution in [3.8, 4) is 49.5 Å². The van der Waals surface area contributed by atoms with Crippen LogP contribution in [0.25, 0.3) is 43.4 Å². The second-order valence-corrected chi connectivity index (χ2v) is 15.7. The van der Waals surface area contributed by atoms with Crippen molar-refractivity contribution in [3.63, 3.8) is 0 Å². The third-order valence-corrected chi connectivity index (χ3v) is 7.51. The number of nitrogens with one attached hydrogen (secondary N) is 16. The van der Waals surface area contributed by atoms with E-state index in [1.54, 1.807) is 300 Å². The maximum atomic E-state index is 9.02. The van der Waals surface area contributed by atoms with Crippen molar-refractivity contribution in [2.75, 3.05) is 0 Å². The van der Waals surface area contributed by atoms with E-state index >= 15 is 0 Å². The average Bonchev–Trinajstić information content (AvgIpc) is 2.07. The zero-order valence-electron chi connectivity index (χ0n) is 65.3. The number of imidazole rings is 16. The largest absolute Gasteiger partial charge is 2.00 e. The van der Waals surface area contributed by atoms with E-state index in [-0.39, 0.29) is 68.3 Å². The quantitative estimate of drug-likeness (QED) is 0.0321. The van der Waals surface area contributed by atoms with Gasteiger partial charge in [-0.1, -0.05) is 43.4 Å². The SMILES string of the molecule is N#C[N-][N+](=O)[O-].N#C[N-][N+](=O)[O-].N#C[N-][N+](=O)[O-].N#C[N-][N+](=O)[O-].N#C[N-][N+](=O)[O-].N#C[N-][N+](=O)[O-].N#C[N-][N+](=O)[O-].N#C[N-][N+](=O)[O-].[Cu+2].[Cu+2].[Cu+2].[Cu+2].c1c[nH]cn1.c1c[nH]cn1.c1c[nH]cn1.c1c[nH]cn1.c1c[nH]cn1.c1c[nH]cn1.c1c[nH]cn1.c1c[nH]cn1.c1c[nH]cn1.c1c[nH]cn1.c1c[nH]cn1.c1c[nH]cn1.c1c[nH]cn1.c1c[nH]cn1.c1c[nH]cn1.c1c[nH]cn1. The summed E-state index contributed by atoms with van der Waals surface area (Å²) in [6, 6.07) is 0. The second-order valence-electron chi connectivity index (χ2n) is 15.7. The minimum atomic E-state index is -1.06. The standard InChI is InChI=1S/16C3H4N2.8CN3O2.4Cu/c16*1-2-5-3-4-1;8*2-1-3-4(5)6;;;;/h16*1-3H,(H,4,5);;;;;;;;;;;;/q;;;;;;;;;;;;;;;;8*-1;4*+2. The first-order valence-electron chi connectivity index (χ1n) is 30.9. The van der Waals surface area contributed by atoms with Crippen LogP contribution >= 0.6 is 0 Å². The van der Waals surface area contributed by atoms with E-state index in [4.69, 9.17) is 123 Å². The zero-order valence-corrected chi connectivity index (χ0v) is 69.1. The van der Waals surface area contributed by atoms with Gasteiger partial charge in [-0.25, -0.2) is 79.7 Å². The molecule has 132 heavy (non-hydrogen) atoms. The van der Waals surface area contributed by atoms with Crippen LogP contribution in [0.3, 0.4) is 0 Å². The predicted molar refractivity (Wildman–Crippen MR) is 425 cm³/mol. The van der Waals surface area contributed by atoms with E-state index in [1.807, 2.05) is 0 Å². The molecular formula is C56H64Cu4N56O16. The number of nitriles is 8. The topological polar surface area (TPSA) is 1110 Å². The van der Waals surface area contributed by atoms with Gasteiger partial charge in [-0.15, -0.1) is 0 Å². The van der Waals surface area contributed by atoms with Crippen molar-refractivity contribution in [1.82, 2.24) is 159 Å². The van der Waals surface area contributed by atoms with Gasteiger partial charge < -0.3 is 122 Å². The molecule has 16 aromatic rings. The number of hydrogen-bond donors (Lipinski definition) is 16. The van der Waals surface area contributed by atoms with Gasteiger partial charge in [0.15, 0.2) is 0 Å². The van der Waals surface area contributed by atoms with Crippen LogP contribution in [0, 0.1) is 173 Å². The molecule has 0 aliphatic heterocycles. The summed E-state index contributed by atoms with van der Waals surface area (Å²) in [6.45, 7) is 0.